The second-order valence-corrected chi connectivity index (χ2v) is 9.93. The van der Waals surface area contributed by atoms with Gasteiger partial charge in [-0.15, -0.1) is 0 Å². The maximum absolute atomic E-state index is 13.4. The summed E-state index contributed by atoms with van der Waals surface area (Å²) < 4.78 is 29.3. The van der Waals surface area contributed by atoms with Crippen molar-refractivity contribution < 1.29 is 17.9 Å². The van der Waals surface area contributed by atoms with E-state index in [1.165, 1.54) is 6.26 Å². The summed E-state index contributed by atoms with van der Waals surface area (Å²) in [6.45, 7) is 2.46. The zero-order valence-corrected chi connectivity index (χ0v) is 18.9. The Labute approximate surface area is 188 Å². The van der Waals surface area contributed by atoms with Crippen LogP contribution in [0.25, 0.3) is 0 Å². The molecule has 0 radical (unpaired) electrons. The van der Waals surface area contributed by atoms with Crippen molar-refractivity contribution in [3.05, 3.63) is 90.0 Å². The molecule has 3 aromatic carbocycles. The van der Waals surface area contributed by atoms with Gasteiger partial charge in [-0.3, -0.25) is 9.69 Å². The van der Waals surface area contributed by atoms with E-state index in [2.05, 4.69) is 5.32 Å². The van der Waals surface area contributed by atoms with Crippen molar-refractivity contribution in [1.29, 1.82) is 0 Å². The van der Waals surface area contributed by atoms with E-state index in [9.17, 15) is 13.2 Å². The molecule has 7 heteroatoms. The highest BCUT2D eigenvalue weighted by atomic mass is 32.2. The number of hydrogen-bond acceptors (Lipinski definition) is 5. The number of para-hydroxylation sites is 2. The minimum Gasteiger partial charge on any atom is -0.489 e. The molecule has 0 bridgehead atoms. The first kappa shape index (κ1) is 22.0. The Morgan fingerprint density at radius 1 is 1.03 bits per heavy atom. The molecule has 1 aliphatic heterocycles. The number of anilines is 1. The van der Waals surface area contributed by atoms with Crippen LogP contribution in [0.4, 0.5) is 5.69 Å². The Hall–Kier alpha value is -3.16. The minimum absolute atomic E-state index is 0.0609. The normalized spacial score (nSPS) is 16.7. The predicted octanol–water partition coefficient (Wildman–Crippen LogP) is 3.91. The summed E-state index contributed by atoms with van der Waals surface area (Å²) in [5.41, 5.74) is 2.68. The van der Waals surface area contributed by atoms with Crippen LogP contribution < -0.4 is 15.0 Å². The van der Waals surface area contributed by atoms with Gasteiger partial charge in [0.1, 0.15) is 12.4 Å². The van der Waals surface area contributed by atoms with Gasteiger partial charge in [0.2, 0.25) is 5.91 Å². The fourth-order valence-corrected chi connectivity index (χ4v) is 4.50. The number of amides is 1. The van der Waals surface area contributed by atoms with Gasteiger partial charge in [-0.25, -0.2) is 8.42 Å². The van der Waals surface area contributed by atoms with E-state index in [1.54, 1.807) is 29.2 Å². The number of rotatable bonds is 6. The lowest BCUT2D eigenvalue weighted by atomic mass is 10.0. The van der Waals surface area contributed by atoms with Gasteiger partial charge >= 0.3 is 0 Å². The molecule has 4 rings (SSSR count). The van der Waals surface area contributed by atoms with Crippen LogP contribution in [-0.2, 0) is 14.6 Å². The number of sulfone groups is 1. The Bertz CT molecular complexity index is 1190. The number of carbonyl (C=O) groups excluding carboxylic acids is 1. The van der Waals surface area contributed by atoms with Crippen molar-refractivity contribution in [2.75, 3.05) is 24.3 Å². The number of nitrogens with one attached hydrogen (secondary N) is 1. The molecule has 166 valence electrons. The summed E-state index contributed by atoms with van der Waals surface area (Å²) in [6.07, 6.45) is 1.19. The van der Waals surface area contributed by atoms with Gasteiger partial charge < -0.3 is 10.1 Å². The van der Waals surface area contributed by atoms with Gasteiger partial charge in [-0.1, -0.05) is 54.6 Å². The van der Waals surface area contributed by atoms with E-state index < -0.39 is 9.84 Å². The molecule has 6 nitrogen and oxygen atoms in total. The Morgan fingerprint density at radius 2 is 1.69 bits per heavy atom. The van der Waals surface area contributed by atoms with E-state index in [0.29, 0.717) is 12.4 Å². The lowest BCUT2D eigenvalue weighted by Gasteiger charge is -2.37. The van der Waals surface area contributed by atoms with Gasteiger partial charge in [0, 0.05) is 12.3 Å². The van der Waals surface area contributed by atoms with E-state index in [4.69, 9.17) is 4.74 Å². The van der Waals surface area contributed by atoms with E-state index in [1.807, 2.05) is 61.5 Å². The molecule has 2 atom stereocenters. The monoisotopic (exact) mass is 450 g/mol. The van der Waals surface area contributed by atoms with Crippen LogP contribution in [0.15, 0.2) is 83.8 Å². The summed E-state index contributed by atoms with van der Waals surface area (Å²) in [6, 6.07) is 23.8. The molecule has 0 unspecified atom stereocenters. The third kappa shape index (κ3) is 4.69. The molecule has 1 aliphatic rings. The van der Waals surface area contributed by atoms with Gasteiger partial charge in [0.25, 0.3) is 0 Å². The van der Waals surface area contributed by atoms with Crippen molar-refractivity contribution in [3.8, 4) is 5.75 Å². The molecule has 0 saturated heterocycles. The summed E-state index contributed by atoms with van der Waals surface area (Å²) >= 11 is 0. The lowest BCUT2D eigenvalue weighted by Crippen LogP contribution is -2.45. The van der Waals surface area contributed by atoms with Crippen molar-refractivity contribution in [2.24, 2.45) is 0 Å². The Kier molecular flexibility index (Phi) is 6.30. The first-order valence-electron chi connectivity index (χ1n) is 10.5. The first-order valence-corrected chi connectivity index (χ1v) is 12.4. The Balaban J connectivity index is 1.52. The number of fused-ring (bicyclic) bond motifs is 1. The predicted molar refractivity (Wildman–Crippen MR) is 125 cm³/mol. The number of nitrogens with zero attached hydrogens (tertiary/aromatic N) is 1. The summed E-state index contributed by atoms with van der Waals surface area (Å²) in [4.78, 5) is 15.5. The van der Waals surface area contributed by atoms with Crippen LogP contribution in [0.2, 0.25) is 0 Å². The molecule has 1 amide bonds. The van der Waals surface area contributed by atoms with Crippen LogP contribution in [0.5, 0.6) is 5.75 Å². The van der Waals surface area contributed by atoms with Gasteiger partial charge in [-0.05, 0) is 42.3 Å². The lowest BCUT2D eigenvalue weighted by molar-refractivity contribution is -0.118. The molecule has 0 saturated carbocycles. The molecule has 32 heavy (non-hydrogen) atoms. The fourth-order valence-electron chi connectivity index (χ4n) is 3.87. The van der Waals surface area contributed by atoms with Crippen molar-refractivity contribution in [2.45, 2.75) is 23.9 Å². The third-order valence-electron chi connectivity index (χ3n) is 5.65. The van der Waals surface area contributed by atoms with Gasteiger partial charge in [-0.2, -0.15) is 0 Å². The quantitative estimate of drug-likeness (QED) is 0.616. The van der Waals surface area contributed by atoms with Crippen LogP contribution >= 0.6 is 0 Å². The molecular formula is C25H26N2O4S. The second-order valence-electron chi connectivity index (χ2n) is 7.91. The maximum Gasteiger partial charge on any atom is 0.241 e. The third-order valence-corrected chi connectivity index (χ3v) is 6.78. The largest absolute Gasteiger partial charge is 0.489 e. The first-order chi connectivity index (χ1) is 15.3. The molecule has 0 aromatic heterocycles. The van der Waals surface area contributed by atoms with Crippen molar-refractivity contribution >= 4 is 21.4 Å². The second kappa shape index (κ2) is 9.14. The highest BCUT2D eigenvalue weighted by molar-refractivity contribution is 7.90. The van der Waals surface area contributed by atoms with Crippen LogP contribution in [0, 0.1) is 0 Å². The van der Waals surface area contributed by atoms with E-state index in [0.717, 1.165) is 16.8 Å². The highest BCUT2D eigenvalue weighted by Crippen LogP contribution is 2.39. The summed E-state index contributed by atoms with van der Waals surface area (Å²) in [7, 11) is -3.24. The number of hydrogen-bond donors (Lipinski definition) is 1. The molecule has 0 fully saturated rings. The molecular weight excluding hydrogens is 424 g/mol. The molecule has 1 N–H and O–H groups in total. The number of ether oxygens (including phenoxy) is 1. The van der Waals surface area contributed by atoms with E-state index in [-0.39, 0.29) is 29.4 Å². The highest BCUT2D eigenvalue weighted by Gasteiger charge is 2.33. The standard InChI is InChI=1S/C25H26N2O4S/c1-18(19-12-14-21(15-13-19)32(2,29)30)26-16-25(28)27-22-10-6-7-11-24(22)31-17-23(27)20-8-4-3-5-9-20/h3-15,18,23,26H,16-17H2,1-2H3/t18-,23-/m1/s1. The summed E-state index contributed by atoms with van der Waals surface area (Å²) in [5.74, 6) is 0.631. The van der Waals surface area contributed by atoms with Crippen molar-refractivity contribution in [1.82, 2.24) is 5.32 Å². The SMILES string of the molecule is C[C@@H](NCC(=O)N1c2ccccc2OC[C@@H]1c1ccccc1)c1ccc(S(C)(=O)=O)cc1. The molecule has 0 spiro atoms. The molecule has 1 heterocycles. The number of carbonyl (C=O) groups is 1. The molecule has 0 aliphatic carbocycles. The zero-order chi connectivity index (χ0) is 22.7. The van der Waals surface area contributed by atoms with Crippen LogP contribution in [0.1, 0.15) is 30.1 Å². The van der Waals surface area contributed by atoms with Gasteiger partial charge in [0.15, 0.2) is 9.84 Å². The maximum atomic E-state index is 13.4. The van der Waals surface area contributed by atoms with Gasteiger partial charge in [0.05, 0.1) is 23.2 Å². The fraction of sp³-hybridized carbons (Fsp3) is 0.240. The average Bonchev–Trinajstić information content (AvgIpc) is 2.81. The Morgan fingerprint density at radius 3 is 2.38 bits per heavy atom. The smallest absolute Gasteiger partial charge is 0.241 e. The number of benzene rings is 3. The summed E-state index contributed by atoms with van der Waals surface area (Å²) in [5, 5.41) is 3.28. The van der Waals surface area contributed by atoms with Crippen molar-refractivity contribution in [3.63, 3.8) is 0 Å². The van der Waals surface area contributed by atoms with E-state index >= 15 is 0 Å². The van der Waals surface area contributed by atoms with Crippen LogP contribution in [0.3, 0.4) is 0 Å². The van der Waals surface area contributed by atoms with Crippen LogP contribution in [-0.4, -0.2) is 33.7 Å². The minimum atomic E-state index is -3.24. The zero-order valence-electron chi connectivity index (χ0n) is 18.1. The topological polar surface area (TPSA) is 75.7 Å². The molecule has 3 aromatic rings. The average molecular weight is 451 g/mol.